The Morgan fingerprint density at radius 3 is 2.72 bits per heavy atom. The van der Waals surface area contributed by atoms with Crippen molar-refractivity contribution in [2.45, 2.75) is 38.2 Å². The van der Waals surface area contributed by atoms with E-state index < -0.39 is 17.8 Å². The Morgan fingerprint density at radius 2 is 2.00 bits per heavy atom. The molecule has 2 aromatic carbocycles. The Hall–Kier alpha value is -3.78. The van der Waals surface area contributed by atoms with Gasteiger partial charge in [-0.1, -0.05) is 55.4 Å². The predicted octanol–water partition coefficient (Wildman–Crippen LogP) is 4.85. The predicted molar refractivity (Wildman–Crippen MR) is 163 cm³/mol. The summed E-state index contributed by atoms with van der Waals surface area (Å²) in [6, 6.07) is 11.7. The molecular formula is C32H34ClFN6O3. The number of aromatic nitrogens is 2. The van der Waals surface area contributed by atoms with E-state index in [1.165, 1.54) is 4.90 Å². The molecule has 0 saturated carbocycles. The molecule has 0 spiro atoms. The summed E-state index contributed by atoms with van der Waals surface area (Å²) >= 11 is 6.66. The van der Waals surface area contributed by atoms with Crippen LogP contribution in [0.1, 0.15) is 29.8 Å². The number of ether oxygens (including phenoxy) is 2. The first-order chi connectivity index (χ1) is 20.7. The zero-order valence-electron chi connectivity index (χ0n) is 24.3. The van der Waals surface area contributed by atoms with Crippen LogP contribution in [0.2, 0.25) is 5.02 Å². The van der Waals surface area contributed by atoms with Crippen LogP contribution in [-0.2, 0) is 22.6 Å². The summed E-state index contributed by atoms with van der Waals surface area (Å²) in [6.45, 7) is 15.7. The topological polar surface area (TPSA) is 75.4 Å². The van der Waals surface area contributed by atoms with E-state index in [1.54, 1.807) is 0 Å². The Bertz CT molecular complexity index is 1610. The van der Waals surface area contributed by atoms with E-state index in [1.807, 2.05) is 41.3 Å². The standard InChI is InChI=1S/C32H34ClFN6O3/c1-19-15-38(4)17-28(19)43-32-36-26-13-27(23-9-5-7-21-8-6-10-25(33)29(21)23)42-18-24(26)30(37-32)39-11-12-40(31(41)20(2)34)22(16-39)14-35-3/h5-10,19,22,27-28H,2,11-18H2,1,4H3/t19?,22-,27?,28?/m0/s1. The molecule has 0 radical (unpaired) electrons. The molecule has 6 rings (SSSR count). The van der Waals surface area contributed by atoms with Crippen LogP contribution in [0, 0.1) is 12.5 Å². The van der Waals surface area contributed by atoms with Crippen LogP contribution in [0.25, 0.3) is 15.6 Å². The van der Waals surface area contributed by atoms with Crippen molar-refractivity contribution >= 4 is 34.1 Å². The maximum Gasteiger partial charge on any atom is 0.318 e. The summed E-state index contributed by atoms with van der Waals surface area (Å²) in [5, 5.41) is 2.68. The molecule has 0 N–H and O–H groups in total. The largest absolute Gasteiger partial charge is 0.458 e. The van der Waals surface area contributed by atoms with E-state index in [0.29, 0.717) is 42.3 Å². The highest BCUT2D eigenvalue weighted by atomic mass is 35.5. The molecule has 4 heterocycles. The van der Waals surface area contributed by atoms with Gasteiger partial charge in [0.15, 0.2) is 5.83 Å². The Kier molecular flexibility index (Phi) is 8.23. The summed E-state index contributed by atoms with van der Waals surface area (Å²) < 4.78 is 26.7. The number of piperazine rings is 1. The Balaban J connectivity index is 1.36. The Morgan fingerprint density at radius 1 is 1.21 bits per heavy atom. The number of hydrogen-bond donors (Lipinski definition) is 0. The number of benzene rings is 2. The van der Waals surface area contributed by atoms with Crippen LogP contribution in [0.15, 0.2) is 48.8 Å². The van der Waals surface area contributed by atoms with Gasteiger partial charge in [-0.05, 0) is 24.1 Å². The second kappa shape index (κ2) is 12.1. The first kappa shape index (κ1) is 29.3. The lowest BCUT2D eigenvalue weighted by Crippen LogP contribution is -2.57. The van der Waals surface area contributed by atoms with E-state index in [-0.39, 0.29) is 31.9 Å². The highest BCUT2D eigenvalue weighted by Crippen LogP contribution is 2.39. The van der Waals surface area contributed by atoms with Crippen molar-refractivity contribution in [1.29, 1.82) is 0 Å². The highest BCUT2D eigenvalue weighted by Gasteiger charge is 2.37. The lowest BCUT2D eigenvalue weighted by atomic mass is 9.94. The third-order valence-electron chi connectivity index (χ3n) is 8.65. The second-order valence-electron chi connectivity index (χ2n) is 11.6. The van der Waals surface area contributed by atoms with Crippen LogP contribution >= 0.6 is 11.6 Å². The minimum absolute atomic E-state index is 0.0402. The molecule has 0 bridgehead atoms. The second-order valence-corrected chi connectivity index (χ2v) is 12.0. The number of likely N-dealkylation sites (tertiary alicyclic amines) is 1. The minimum Gasteiger partial charge on any atom is -0.458 e. The van der Waals surface area contributed by atoms with Crippen molar-refractivity contribution in [3.05, 3.63) is 82.1 Å². The van der Waals surface area contributed by atoms with Gasteiger partial charge in [-0.15, -0.1) is 0 Å². The minimum atomic E-state index is -1.03. The summed E-state index contributed by atoms with van der Waals surface area (Å²) in [7, 11) is 2.07. The van der Waals surface area contributed by atoms with Crippen LogP contribution in [0.3, 0.4) is 0 Å². The molecule has 2 saturated heterocycles. The molecule has 43 heavy (non-hydrogen) atoms. The fraction of sp³-hybridized carbons (Fsp3) is 0.438. The van der Waals surface area contributed by atoms with Crippen molar-refractivity contribution < 1.29 is 18.7 Å². The van der Waals surface area contributed by atoms with Crippen LogP contribution in [0.5, 0.6) is 6.01 Å². The lowest BCUT2D eigenvalue weighted by molar-refractivity contribution is -0.131. The SMILES string of the molecule is [C-]#[N+]C[C@H]1CN(c2nc(OC3CN(C)CC3C)nc3c2COC(c2cccc4cccc(Cl)c24)C3)CCN1C(=O)C(=C)F. The van der Waals surface area contributed by atoms with Gasteiger partial charge in [0, 0.05) is 61.0 Å². The molecule has 2 fully saturated rings. The first-order valence-corrected chi connectivity index (χ1v) is 14.9. The van der Waals surface area contributed by atoms with Crippen LogP contribution in [0.4, 0.5) is 10.2 Å². The fourth-order valence-corrected chi connectivity index (χ4v) is 6.82. The van der Waals surface area contributed by atoms with Gasteiger partial charge in [0.1, 0.15) is 18.0 Å². The summed E-state index contributed by atoms with van der Waals surface area (Å²) in [4.78, 5) is 31.5. The molecule has 4 atom stereocenters. The van der Waals surface area contributed by atoms with Gasteiger partial charge in [-0.3, -0.25) is 4.79 Å². The van der Waals surface area contributed by atoms with Gasteiger partial charge in [-0.2, -0.15) is 9.97 Å². The van der Waals surface area contributed by atoms with Crippen LogP contribution in [-0.4, -0.2) is 84.1 Å². The van der Waals surface area contributed by atoms with E-state index in [4.69, 9.17) is 37.6 Å². The molecule has 9 nitrogen and oxygen atoms in total. The third-order valence-corrected chi connectivity index (χ3v) is 8.97. The number of carbonyl (C=O) groups is 1. The highest BCUT2D eigenvalue weighted by molar-refractivity contribution is 6.35. The maximum atomic E-state index is 13.8. The van der Waals surface area contributed by atoms with Crippen LogP contribution < -0.4 is 9.64 Å². The quantitative estimate of drug-likeness (QED) is 0.294. The number of fused-ring (bicyclic) bond motifs is 2. The molecule has 3 aliphatic rings. The average Bonchev–Trinajstić information content (AvgIpc) is 3.31. The van der Waals surface area contributed by atoms with Crippen molar-refractivity contribution in [2.75, 3.05) is 51.2 Å². The number of hydrogen-bond acceptors (Lipinski definition) is 7. The van der Waals surface area contributed by atoms with Gasteiger partial charge in [-0.25, -0.2) is 11.0 Å². The van der Waals surface area contributed by atoms with E-state index >= 15 is 0 Å². The van der Waals surface area contributed by atoms with Crippen molar-refractivity contribution in [3.63, 3.8) is 0 Å². The third kappa shape index (κ3) is 5.77. The van der Waals surface area contributed by atoms with Gasteiger partial charge in [0.25, 0.3) is 5.91 Å². The average molecular weight is 605 g/mol. The van der Waals surface area contributed by atoms with E-state index in [2.05, 4.69) is 30.3 Å². The molecule has 3 unspecified atom stereocenters. The molecule has 1 amide bonds. The van der Waals surface area contributed by atoms with Gasteiger partial charge < -0.3 is 29.0 Å². The number of anilines is 1. The molecular weight excluding hydrogens is 571 g/mol. The number of halogens is 2. The summed E-state index contributed by atoms with van der Waals surface area (Å²) in [6.07, 6.45) is 0.170. The lowest BCUT2D eigenvalue weighted by Gasteiger charge is -2.40. The number of nitrogens with zero attached hydrogens (tertiary/aromatic N) is 6. The smallest absolute Gasteiger partial charge is 0.318 e. The zero-order chi connectivity index (χ0) is 30.2. The molecule has 224 valence electrons. The number of carbonyl (C=O) groups excluding carboxylic acids is 1. The van der Waals surface area contributed by atoms with E-state index in [0.717, 1.165) is 40.7 Å². The zero-order valence-corrected chi connectivity index (χ0v) is 25.1. The normalized spacial score (nSPS) is 24.1. The van der Waals surface area contributed by atoms with Gasteiger partial charge >= 0.3 is 6.01 Å². The number of likely N-dealkylation sites (N-methyl/N-ethyl adjacent to an activating group) is 1. The van der Waals surface area contributed by atoms with Crippen molar-refractivity contribution in [1.82, 2.24) is 19.8 Å². The first-order valence-electron chi connectivity index (χ1n) is 14.5. The molecule has 3 aliphatic heterocycles. The molecule has 0 aliphatic carbocycles. The van der Waals surface area contributed by atoms with E-state index in [9.17, 15) is 9.18 Å². The summed E-state index contributed by atoms with van der Waals surface area (Å²) in [5.41, 5.74) is 2.68. The molecule has 3 aromatic rings. The molecule has 11 heteroatoms. The summed E-state index contributed by atoms with van der Waals surface area (Å²) in [5.74, 6) is -0.827. The Labute approximate surface area is 255 Å². The number of rotatable bonds is 6. The maximum absolute atomic E-state index is 13.8. The van der Waals surface area contributed by atoms with Crippen molar-refractivity contribution in [3.8, 4) is 6.01 Å². The van der Waals surface area contributed by atoms with Crippen molar-refractivity contribution in [2.24, 2.45) is 5.92 Å². The number of amides is 1. The monoisotopic (exact) mass is 604 g/mol. The fourth-order valence-electron chi connectivity index (χ4n) is 6.53. The van der Waals surface area contributed by atoms with Gasteiger partial charge in [0.05, 0.1) is 18.4 Å². The molecule has 1 aromatic heterocycles. The van der Waals surface area contributed by atoms with Gasteiger partial charge in [0.2, 0.25) is 6.54 Å².